The molecule has 0 aliphatic carbocycles. The Bertz CT molecular complexity index is 902. The Morgan fingerprint density at radius 2 is 1.79 bits per heavy atom. The summed E-state index contributed by atoms with van der Waals surface area (Å²) in [7, 11) is 4.48. The lowest BCUT2D eigenvalue weighted by molar-refractivity contribution is -0.130. The highest BCUT2D eigenvalue weighted by Crippen LogP contribution is 2.43. The van der Waals surface area contributed by atoms with Gasteiger partial charge in [0.1, 0.15) is 11.8 Å². The van der Waals surface area contributed by atoms with Crippen LogP contribution >= 0.6 is 0 Å². The van der Waals surface area contributed by atoms with Crippen molar-refractivity contribution >= 4 is 24.1 Å². The molecule has 28 heavy (non-hydrogen) atoms. The smallest absolute Gasteiger partial charge is 0.222 e. The van der Waals surface area contributed by atoms with Crippen LogP contribution < -0.4 is 19.1 Å². The molecule has 0 fully saturated rings. The fraction of sp³-hybridized carbons (Fsp3) is 0.250. The first-order chi connectivity index (χ1) is 13.5. The molecule has 1 aliphatic heterocycles. The fourth-order valence-corrected chi connectivity index (χ4v) is 3.24. The SMILES string of the molecule is COc1cc(C2C(C(=O)C=O)N=CN2c2cccc(O)c2)cc(OC)c1OC. The van der Waals surface area contributed by atoms with Crippen molar-refractivity contribution in [1.82, 2.24) is 0 Å². The summed E-state index contributed by atoms with van der Waals surface area (Å²) in [6, 6.07) is 8.38. The number of benzene rings is 2. The zero-order valence-electron chi connectivity index (χ0n) is 15.7. The number of aldehydes is 1. The quantitative estimate of drug-likeness (QED) is 0.577. The highest BCUT2D eigenvalue weighted by Gasteiger charge is 2.38. The Morgan fingerprint density at radius 3 is 2.32 bits per heavy atom. The van der Waals surface area contributed by atoms with Crippen molar-refractivity contribution in [2.45, 2.75) is 12.1 Å². The third kappa shape index (κ3) is 3.36. The van der Waals surface area contributed by atoms with Crippen molar-refractivity contribution in [1.29, 1.82) is 0 Å². The molecule has 0 amide bonds. The van der Waals surface area contributed by atoms with E-state index in [4.69, 9.17) is 14.2 Å². The third-order valence-corrected chi connectivity index (χ3v) is 4.51. The Kier molecular flexibility index (Phi) is 5.49. The number of carbonyl (C=O) groups excluding carboxylic acids is 2. The van der Waals surface area contributed by atoms with Gasteiger partial charge in [-0.2, -0.15) is 0 Å². The monoisotopic (exact) mass is 384 g/mol. The summed E-state index contributed by atoms with van der Waals surface area (Å²) in [5.41, 5.74) is 1.25. The van der Waals surface area contributed by atoms with Gasteiger partial charge in [-0.1, -0.05) is 6.07 Å². The number of hydrogen-bond donors (Lipinski definition) is 1. The van der Waals surface area contributed by atoms with Gasteiger partial charge in [0.25, 0.3) is 0 Å². The van der Waals surface area contributed by atoms with E-state index in [-0.39, 0.29) is 12.0 Å². The molecule has 2 atom stereocenters. The van der Waals surface area contributed by atoms with Gasteiger partial charge < -0.3 is 24.2 Å². The molecule has 2 aromatic carbocycles. The van der Waals surface area contributed by atoms with Crippen LogP contribution in [0.3, 0.4) is 0 Å². The van der Waals surface area contributed by atoms with E-state index in [0.717, 1.165) is 0 Å². The summed E-state index contributed by atoms with van der Waals surface area (Å²) in [5, 5.41) is 9.83. The number of rotatable bonds is 7. The molecule has 2 aromatic rings. The number of methoxy groups -OCH3 is 3. The van der Waals surface area contributed by atoms with Gasteiger partial charge in [-0.05, 0) is 29.8 Å². The lowest BCUT2D eigenvalue weighted by Crippen LogP contribution is -2.33. The van der Waals surface area contributed by atoms with Crippen LogP contribution in [0, 0.1) is 0 Å². The molecule has 146 valence electrons. The number of ketones is 1. The van der Waals surface area contributed by atoms with Gasteiger partial charge in [0.15, 0.2) is 17.8 Å². The first kappa shape index (κ1) is 19.2. The third-order valence-electron chi connectivity index (χ3n) is 4.51. The zero-order chi connectivity index (χ0) is 20.3. The Labute approximate surface area is 162 Å². The van der Waals surface area contributed by atoms with Gasteiger partial charge in [-0.15, -0.1) is 0 Å². The molecule has 8 heteroatoms. The van der Waals surface area contributed by atoms with Gasteiger partial charge in [0, 0.05) is 11.8 Å². The number of anilines is 1. The molecule has 0 saturated heterocycles. The largest absolute Gasteiger partial charge is 0.508 e. The van der Waals surface area contributed by atoms with Gasteiger partial charge in [-0.3, -0.25) is 14.6 Å². The number of hydrogen-bond acceptors (Lipinski definition) is 8. The maximum Gasteiger partial charge on any atom is 0.222 e. The first-order valence-electron chi connectivity index (χ1n) is 8.43. The standard InChI is InChI=1S/C20H20N2O6/c1-26-16-7-12(8-17(27-2)20(16)28-3)19-18(15(25)10-23)21-11-22(19)13-5-4-6-14(24)9-13/h4-11,18-19,24H,1-3H3. The van der Waals surface area contributed by atoms with Crippen LogP contribution in [-0.2, 0) is 9.59 Å². The Balaban J connectivity index is 2.15. The maximum atomic E-state index is 12.2. The number of phenols is 1. The van der Waals surface area contributed by atoms with Crippen LogP contribution in [0.15, 0.2) is 41.4 Å². The normalized spacial score (nSPS) is 18.0. The van der Waals surface area contributed by atoms with E-state index in [1.807, 2.05) is 0 Å². The molecule has 0 spiro atoms. The summed E-state index contributed by atoms with van der Waals surface area (Å²) in [5.74, 6) is 0.654. The van der Waals surface area contributed by atoms with Gasteiger partial charge in [0.05, 0.1) is 33.7 Å². The van der Waals surface area contributed by atoms with Crippen molar-refractivity contribution in [3.05, 3.63) is 42.0 Å². The summed E-state index contributed by atoms with van der Waals surface area (Å²) in [6.07, 6.45) is 1.74. The predicted octanol–water partition coefficient (Wildman–Crippen LogP) is 2.14. The van der Waals surface area contributed by atoms with Gasteiger partial charge in [0.2, 0.25) is 11.5 Å². The number of carbonyl (C=O) groups is 2. The summed E-state index contributed by atoms with van der Waals surface area (Å²) in [4.78, 5) is 29.3. The van der Waals surface area contributed by atoms with Crippen molar-refractivity contribution < 1.29 is 28.9 Å². The van der Waals surface area contributed by atoms with E-state index in [1.54, 1.807) is 41.3 Å². The van der Waals surface area contributed by atoms with E-state index in [9.17, 15) is 14.7 Å². The van der Waals surface area contributed by atoms with Crippen LogP contribution in [0.2, 0.25) is 0 Å². The lowest BCUT2D eigenvalue weighted by Gasteiger charge is -2.28. The lowest BCUT2D eigenvalue weighted by atomic mass is 9.95. The average Bonchev–Trinajstić information content (AvgIpc) is 3.17. The molecule has 1 N–H and O–H groups in total. The van der Waals surface area contributed by atoms with Crippen molar-refractivity contribution in [3.63, 3.8) is 0 Å². The molecular weight excluding hydrogens is 364 g/mol. The number of nitrogens with zero attached hydrogens (tertiary/aromatic N) is 2. The number of aromatic hydroxyl groups is 1. The van der Waals surface area contributed by atoms with Crippen LogP contribution in [0.5, 0.6) is 23.0 Å². The minimum absolute atomic E-state index is 0.0692. The Morgan fingerprint density at radius 1 is 1.11 bits per heavy atom. The first-order valence-corrected chi connectivity index (χ1v) is 8.43. The summed E-state index contributed by atoms with van der Waals surface area (Å²) in [6.45, 7) is 0. The molecule has 1 heterocycles. The van der Waals surface area contributed by atoms with Crippen LogP contribution in [0.4, 0.5) is 5.69 Å². The number of Topliss-reactive ketones (excluding diaryl/α,β-unsaturated/α-hetero) is 1. The molecule has 2 unspecified atom stereocenters. The van der Waals surface area contributed by atoms with Crippen molar-refractivity contribution in [2.24, 2.45) is 4.99 Å². The van der Waals surface area contributed by atoms with Gasteiger partial charge in [-0.25, -0.2) is 0 Å². The molecule has 0 aromatic heterocycles. The molecule has 0 bridgehead atoms. The molecule has 0 saturated carbocycles. The minimum Gasteiger partial charge on any atom is -0.508 e. The number of aliphatic imine (C=N–C) groups is 1. The average molecular weight is 384 g/mol. The molecular formula is C20H20N2O6. The second-order valence-corrected chi connectivity index (χ2v) is 6.06. The second kappa shape index (κ2) is 7.99. The topological polar surface area (TPSA) is 97.7 Å². The zero-order valence-corrected chi connectivity index (χ0v) is 15.7. The molecule has 0 radical (unpaired) electrons. The molecule has 8 nitrogen and oxygen atoms in total. The van der Waals surface area contributed by atoms with Crippen molar-refractivity contribution in [3.8, 4) is 23.0 Å². The van der Waals surface area contributed by atoms with Crippen LogP contribution in [-0.4, -0.2) is 50.9 Å². The highest BCUT2D eigenvalue weighted by molar-refractivity contribution is 6.28. The number of phenolic OH excluding ortho intramolecular Hbond substituents is 1. The van der Waals surface area contributed by atoms with Crippen LogP contribution in [0.25, 0.3) is 0 Å². The highest BCUT2D eigenvalue weighted by atomic mass is 16.5. The van der Waals surface area contributed by atoms with E-state index >= 15 is 0 Å². The second-order valence-electron chi connectivity index (χ2n) is 6.06. The number of ether oxygens (including phenoxy) is 3. The predicted molar refractivity (Wildman–Crippen MR) is 103 cm³/mol. The van der Waals surface area contributed by atoms with Gasteiger partial charge >= 0.3 is 0 Å². The maximum absolute atomic E-state index is 12.2. The molecule has 1 aliphatic rings. The van der Waals surface area contributed by atoms with E-state index in [1.165, 1.54) is 27.7 Å². The van der Waals surface area contributed by atoms with E-state index < -0.39 is 17.9 Å². The van der Waals surface area contributed by atoms with E-state index in [0.29, 0.717) is 28.5 Å². The minimum atomic E-state index is -0.942. The fourth-order valence-electron chi connectivity index (χ4n) is 3.24. The van der Waals surface area contributed by atoms with Crippen LogP contribution in [0.1, 0.15) is 11.6 Å². The Hall–Kier alpha value is -3.55. The van der Waals surface area contributed by atoms with Crippen molar-refractivity contribution in [2.75, 3.05) is 26.2 Å². The summed E-state index contributed by atoms with van der Waals surface area (Å²) >= 11 is 0. The molecule has 3 rings (SSSR count). The summed E-state index contributed by atoms with van der Waals surface area (Å²) < 4.78 is 16.2. The van der Waals surface area contributed by atoms with E-state index in [2.05, 4.69) is 4.99 Å².